The van der Waals surface area contributed by atoms with E-state index in [1.54, 1.807) is 6.07 Å². The molecule has 0 aliphatic carbocycles. The molecule has 1 aromatic heterocycles. The summed E-state index contributed by atoms with van der Waals surface area (Å²) in [5.41, 5.74) is 0.249. The number of nitro groups is 1. The smallest absolute Gasteiger partial charge is 0.389 e. The van der Waals surface area contributed by atoms with Crippen LogP contribution in [-0.2, 0) is 0 Å². The Labute approximate surface area is 97.5 Å². The Morgan fingerprint density at radius 2 is 1.88 bits per heavy atom. The average Bonchev–Trinajstić information content (AvgIpc) is 2.34. The van der Waals surface area contributed by atoms with E-state index >= 15 is 0 Å². The minimum Gasteiger partial charge on any atom is -0.395 e. The van der Waals surface area contributed by atoms with Gasteiger partial charge in [-0.2, -0.15) is 0 Å². The number of aromatic nitrogens is 1. The van der Waals surface area contributed by atoms with Crippen molar-refractivity contribution in [2.24, 2.45) is 0 Å². The summed E-state index contributed by atoms with van der Waals surface area (Å²) in [6.07, 6.45) is 0. The molecule has 0 saturated heterocycles. The van der Waals surface area contributed by atoms with Gasteiger partial charge in [-0.25, -0.2) is 0 Å². The molecule has 0 unspecified atom stereocenters. The van der Waals surface area contributed by atoms with Crippen molar-refractivity contribution in [2.75, 3.05) is 36.9 Å². The summed E-state index contributed by atoms with van der Waals surface area (Å²) in [5.74, 6) is 0.00156. The molecule has 4 N–H and O–H groups in total. The summed E-state index contributed by atoms with van der Waals surface area (Å²) in [4.78, 5) is 14.0. The van der Waals surface area contributed by atoms with E-state index in [1.807, 2.05) is 0 Å². The fourth-order valence-electron chi connectivity index (χ4n) is 1.20. The van der Waals surface area contributed by atoms with Crippen LogP contribution in [0, 0.1) is 10.1 Å². The molecule has 1 aromatic rings. The van der Waals surface area contributed by atoms with E-state index in [0.717, 1.165) is 0 Å². The topological polar surface area (TPSA) is 121 Å². The zero-order valence-electron chi connectivity index (χ0n) is 9.09. The molecule has 0 amide bonds. The molecule has 0 spiro atoms. The molecule has 8 nitrogen and oxygen atoms in total. The maximum absolute atomic E-state index is 10.8. The lowest BCUT2D eigenvalue weighted by Gasteiger charge is -2.06. The Balaban J connectivity index is 2.87. The average molecular weight is 242 g/mol. The number of nitrogens with zero attached hydrogens (tertiary/aromatic N) is 2. The molecule has 0 radical (unpaired) electrons. The van der Waals surface area contributed by atoms with E-state index in [-0.39, 0.29) is 37.8 Å². The molecule has 0 aliphatic heterocycles. The van der Waals surface area contributed by atoms with Crippen LogP contribution in [0.3, 0.4) is 0 Å². The predicted octanol–water partition coefficient (Wildman–Crippen LogP) is -0.202. The Kier molecular flexibility index (Phi) is 5.11. The zero-order valence-corrected chi connectivity index (χ0v) is 9.09. The highest BCUT2D eigenvalue weighted by Gasteiger charge is 2.16. The van der Waals surface area contributed by atoms with Gasteiger partial charge in [0.15, 0.2) is 0 Å². The molecule has 1 heterocycles. The van der Waals surface area contributed by atoms with Crippen LogP contribution < -0.4 is 10.6 Å². The zero-order chi connectivity index (χ0) is 12.7. The molecule has 0 atom stereocenters. The van der Waals surface area contributed by atoms with Gasteiger partial charge in [-0.05, 0) is 16.0 Å². The summed E-state index contributed by atoms with van der Waals surface area (Å²) in [6, 6.07) is 3.06. The number of pyridine rings is 1. The third-order valence-corrected chi connectivity index (χ3v) is 1.89. The van der Waals surface area contributed by atoms with E-state index < -0.39 is 4.92 Å². The molecule has 17 heavy (non-hydrogen) atoms. The molecule has 1 rings (SSSR count). The molecule has 8 heteroatoms. The van der Waals surface area contributed by atoms with E-state index in [1.165, 1.54) is 6.07 Å². The van der Waals surface area contributed by atoms with E-state index in [9.17, 15) is 10.1 Å². The first-order valence-corrected chi connectivity index (χ1v) is 5.04. The second-order valence-electron chi connectivity index (χ2n) is 3.13. The van der Waals surface area contributed by atoms with Crippen LogP contribution in [0.5, 0.6) is 0 Å². The molecule has 0 bridgehead atoms. The molecular weight excluding hydrogens is 228 g/mol. The van der Waals surface area contributed by atoms with Crippen LogP contribution >= 0.6 is 0 Å². The van der Waals surface area contributed by atoms with E-state index in [0.29, 0.717) is 5.82 Å². The highest BCUT2D eigenvalue weighted by molar-refractivity contribution is 5.61. The maximum atomic E-state index is 10.8. The van der Waals surface area contributed by atoms with Crippen LogP contribution in [0.15, 0.2) is 12.1 Å². The third-order valence-electron chi connectivity index (χ3n) is 1.89. The quantitative estimate of drug-likeness (QED) is 0.386. The van der Waals surface area contributed by atoms with Crippen LogP contribution in [-0.4, -0.2) is 46.4 Å². The molecule has 0 fully saturated rings. The minimum absolute atomic E-state index is 0.0833. The van der Waals surface area contributed by atoms with Gasteiger partial charge in [-0.15, -0.1) is 0 Å². The van der Waals surface area contributed by atoms with Crippen molar-refractivity contribution in [3.63, 3.8) is 0 Å². The molecule has 0 saturated carbocycles. The number of hydrogen-bond acceptors (Lipinski definition) is 7. The summed E-state index contributed by atoms with van der Waals surface area (Å²) in [7, 11) is 0. The Morgan fingerprint density at radius 3 is 2.47 bits per heavy atom. The summed E-state index contributed by atoms with van der Waals surface area (Å²) >= 11 is 0. The third kappa shape index (κ3) is 3.85. The maximum Gasteiger partial charge on any atom is 0.389 e. The fourth-order valence-corrected chi connectivity index (χ4v) is 1.20. The largest absolute Gasteiger partial charge is 0.395 e. The second-order valence-corrected chi connectivity index (χ2v) is 3.13. The highest BCUT2D eigenvalue weighted by atomic mass is 16.6. The monoisotopic (exact) mass is 242 g/mol. The molecule has 0 aromatic carbocycles. The highest BCUT2D eigenvalue weighted by Crippen LogP contribution is 2.23. The fraction of sp³-hybridized carbons (Fsp3) is 0.444. The van der Waals surface area contributed by atoms with Crippen molar-refractivity contribution in [1.29, 1.82) is 0 Å². The normalized spacial score (nSPS) is 10.0. The lowest BCUT2D eigenvalue weighted by Crippen LogP contribution is -2.11. The van der Waals surface area contributed by atoms with Gasteiger partial charge in [0.1, 0.15) is 5.69 Å². The second kappa shape index (κ2) is 6.61. The van der Waals surface area contributed by atoms with Crippen molar-refractivity contribution >= 4 is 17.3 Å². The van der Waals surface area contributed by atoms with Crippen LogP contribution in [0.1, 0.15) is 0 Å². The van der Waals surface area contributed by atoms with E-state index in [4.69, 9.17) is 10.2 Å². The number of nitrogens with one attached hydrogen (secondary N) is 2. The summed E-state index contributed by atoms with van der Waals surface area (Å²) < 4.78 is 0. The van der Waals surface area contributed by atoms with Gasteiger partial charge < -0.3 is 31.0 Å². The Hall–Kier alpha value is -1.93. The molecule has 94 valence electrons. The van der Waals surface area contributed by atoms with Gasteiger partial charge in [0.25, 0.3) is 0 Å². The Morgan fingerprint density at radius 1 is 1.24 bits per heavy atom. The van der Waals surface area contributed by atoms with Crippen LogP contribution in [0.4, 0.5) is 17.3 Å². The number of hydrogen-bond donors (Lipinski definition) is 4. The van der Waals surface area contributed by atoms with Crippen molar-refractivity contribution in [3.8, 4) is 0 Å². The molecule has 0 aliphatic rings. The van der Waals surface area contributed by atoms with Crippen molar-refractivity contribution in [3.05, 3.63) is 22.2 Å². The van der Waals surface area contributed by atoms with Crippen LogP contribution in [0.2, 0.25) is 0 Å². The lowest BCUT2D eigenvalue weighted by molar-refractivity contribution is -0.388. The predicted molar refractivity (Wildman–Crippen MR) is 62.0 cm³/mol. The molecular formula is C9H14N4O4. The van der Waals surface area contributed by atoms with Crippen molar-refractivity contribution in [2.45, 2.75) is 0 Å². The van der Waals surface area contributed by atoms with Gasteiger partial charge >= 0.3 is 5.82 Å². The lowest BCUT2D eigenvalue weighted by atomic mass is 10.3. The minimum atomic E-state index is -0.607. The van der Waals surface area contributed by atoms with E-state index in [2.05, 4.69) is 15.6 Å². The Bertz CT molecular complexity index is 385. The number of anilines is 2. The first-order chi connectivity index (χ1) is 8.19. The SMILES string of the molecule is O=[N+]([O-])c1nc(NCCO)ccc1NCCO. The van der Waals surface area contributed by atoms with Gasteiger partial charge in [0.05, 0.1) is 13.2 Å². The van der Waals surface area contributed by atoms with Crippen LogP contribution in [0.25, 0.3) is 0 Å². The van der Waals surface area contributed by atoms with Gasteiger partial charge in [-0.3, -0.25) is 0 Å². The first kappa shape index (κ1) is 13.1. The number of aliphatic hydroxyl groups excluding tert-OH is 2. The summed E-state index contributed by atoms with van der Waals surface area (Å²) in [5, 5.41) is 33.4. The van der Waals surface area contributed by atoms with Gasteiger partial charge in [0.2, 0.25) is 5.82 Å². The van der Waals surface area contributed by atoms with Crippen molar-refractivity contribution in [1.82, 2.24) is 4.98 Å². The standard InChI is InChI=1S/C9H14N4O4/c14-5-3-10-7-1-2-8(11-4-6-15)12-9(7)13(16)17/h1-2,10,14-15H,3-6H2,(H,11,12). The van der Waals surface area contributed by atoms with Gasteiger partial charge in [-0.1, -0.05) is 0 Å². The summed E-state index contributed by atoms with van der Waals surface area (Å²) in [6.45, 7) is 0.279. The number of rotatable bonds is 7. The van der Waals surface area contributed by atoms with Crippen molar-refractivity contribution < 1.29 is 15.1 Å². The first-order valence-electron chi connectivity index (χ1n) is 5.04. The number of aliphatic hydroxyl groups is 2. The van der Waals surface area contributed by atoms with Gasteiger partial charge in [0, 0.05) is 19.2 Å².